The Labute approximate surface area is 145 Å². The van der Waals surface area contributed by atoms with E-state index < -0.39 is 5.91 Å². The predicted octanol–water partition coefficient (Wildman–Crippen LogP) is 2.78. The molecule has 0 bridgehead atoms. The standard InChI is InChI=1S/C19H20FN3O2/c20-16-3-1-2-4-17(16)23-11-9-14(10-12-23)19(25)22-15-7-5-13(6-8-15)18(21)24/h1-8,14H,9-12H2,(H2,21,24)(H,22,25). The summed E-state index contributed by atoms with van der Waals surface area (Å²) in [5.41, 5.74) is 6.81. The van der Waals surface area contributed by atoms with E-state index in [1.54, 1.807) is 36.4 Å². The number of carbonyl (C=O) groups excluding carboxylic acids is 2. The summed E-state index contributed by atoms with van der Waals surface area (Å²) in [5, 5.41) is 2.86. The Bertz CT molecular complexity index is 768. The van der Waals surface area contributed by atoms with Gasteiger partial charge in [0.15, 0.2) is 0 Å². The lowest BCUT2D eigenvalue weighted by Crippen LogP contribution is -2.38. The topological polar surface area (TPSA) is 75.4 Å². The number of hydrogen-bond donors (Lipinski definition) is 2. The van der Waals surface area contributed by atoms with Crippen molar-refractivity contribution in [2.24, 2.45) is 11.7 Å². The lowest BCUT2D eigenvalue weighted by atomic mass is 9.95. The molecule has 1 heterocycles. The van der Waals surface area contributed by atoms with E-state index in [4.69, 9.17) is 5.73 Å². The van der Waals surface area contributed by atoms with Crippen LogP contribution in [0.25, 0.3) is 0 Å². The number of carbonyl (C=O) groups is 2. The van der Waals surface area contributed by atoms with Gasteiger partial charge in [-0.25, -0.2) is 4.39 Å². The molecule has 5 nitrogen and oxygen atoms in total. The summed E-state index contributed by atoms with van der Waals surface area (Å²) in [6.45, 7) is 1.28. The molecule has 0 atom stereocenters. The smallest absolute Gasteiger partial charge is 0.248 e. The average Bonchev–Trinajstić information content (AvgIpc) is 2.63. The molecule has 1 aliphatic rings. The molecule has 3 rings (SSSR count). The van der Waals surface area contributed by atoms with Crippen molar-refractivity contribution >= 4 is 23.2 Å². The minimum atomic E-state index is -0.501. The van der Waals surface area contributed by atoms with E-state index in [1.807, 2.05) is 11.0 Å². The molecular weight excluding hydrogens is 321 g/mol. The molecule has 0 radical (unpaired) electrons. The fourth-order valence-electron chi connectivity index (χ4n) is 3.05. The number of halogens is 1. The first-order chi connectivity index (χ1) is 12.0. The lowest BCUT2D eigenvalue weighted by molar-refractivity contribution is -0.120. The third kappa shape index (κ3) is 3.96. The van der Waals surface area contributed by atoms with Crippen LogP contribution < -0.4 is 16.0 Å². The number of primary amides is 1. The maximum Gasteiger partial charge on any atom is 0.248 e. The van der Waals surface area contributed by atoms with Gasteiger partial charge in [-0.2, -0.15) is 0 Å². The summed E-state index contributed by atoms with van der Waals surface area (Å²) in [6.07, 6.45) is 1.33. The van der Waals surface area contributed by atoms with Crippen molar-refractivity contribution in [3.05, 3.63) is 59.9 Å². The molecule has 0 spiro atoms. The fourth-order valence-corrected chi connectivity index (χ4v) is 3.05. The molecule has 130 valence electrons. The molecule has 0 aromatic heterocycles. The van der Waals surface area contributed by atoms with Gasteiger partial charge in [0, 0.05) is 30.3 Å². The zero-order chi connectivity index (χ0) is 17.8. The molecule has 25 heavy (non-hydrogen) atoms. The number of nitrogens with one attached hydrogen (secondary N) is 1. The van der Waals surface area contributed by atoms with Crippen molar-refractivity contribution in [2.45, 2.75) is 12.8 Å². The Hall–Kier alpha value is -2.89. The minimum absolute atomic E-state index is 0.0555. The van der Waals surface area contributed by atoms with Crippen molar-refractivity contribution < 1.29 is 14.0 Å². The quantitative estimate of drug-likeness (QED) is 0.898. The maximum atomic E-state index is 13.9. The van der Waals surface area contributed by atoms with Gasteiger partial charge in [0.2, 0.25) is 11.8 Å². The monoisotopic (exact) mass is 341 g/mol. The number of benzene rings is 2. The number of amides is 2. The number of piperidine rings is 1. The highest BCUT2D eigenvalue weighted by Gasteiger charge is 2.26. The van der Waals surface area contributed by atoms with E-state index >= 15 is 0 Å². The van der Waals surface area contributed by atoms with Gasteiger partial charge in [-0.1, -0.05) is 12.1 Å². The van der Waals surface area contributed by atoms with Crippen molar-refractivity contribution in [1.82, 2.24) is 0 Å². The first-order valence-corrected chi connectivity index (χ1v) is 8.25. The Balaban J connectivity index is 1.56. The molecule has 0 aliphatic carbocycles. The van der Waals surface area contributed by atoms with Crippen molar-refractivity contribution in [2.75, 3.05) is 23.3 Å². The van der Waals surface area contributed by atoms with Crippen molar-refractivity contribution in [3.8, 4) is 0 Å². The van der Waals surface area contributed by atoms with Gasteiger partial charge in [-0.05, 0) is 49.2 Å². The Kier molecular flexibility index (Phi) is 4.97. The second kappa shape index (κ2) is 7.34. The van der Waals surface area contributed by atoms with Crippen LogP contribution in [0.4, 0.5) is 15.8 Å². The molecule has 1 aliphatic heterocycles. The van der Waals surface area contributed by atoms with Crippen LogP contribution in [0.2, 0.25) is 0 Å². The zero-order valence-electron chi connectivity index (χ0n) is 13.7. The molecule has 0 saturated carbocycles. The van der Waals surface area contributed by atoms with Gasteiger partial charge < -0.3 is 16.0 Å². The predicted molar refractivity (Wildman–Crippen MR) is 94.9 cm³/mol. The summed E-state index contributed by atoms with van der Waals surface area (Å²) in [5.74, 6) is -0.905. The highest BCUT2D eigenvalue weighted by atomic mass is 19.1. The third-order valence-electron chi connectivity index (χ3n) is 4.50. The van der Waals surface area contributed by atoms with Gasteiger partial charge in [-0.3, -0.25) is 9.59 Å². The summed E-state index contributed by atoms with van der Waals surface area (Å²) < 4.78 is 13.9. The number of rotatable bonds is 4. The third-order valence-corrected chi connectivity index (χ3v) is 4.50. The van der Waals surface area contributed by atoms with Crippen LogP contribution in [0.1, 0.15) is 23.2 Å². The highest BCUT2D eigenvalue weighted by Crippen LogP contribution is 2.26. The second-order valence-electron chi connectivity index (χ2n) is 6.14. The van der Waals surface area contributed by atoms with Crippen LogP contribution in [0, 0.1) is 11.7 Å². The van der Waals surface area contributed by atoms with Gasteiger partial charge >= 0.3 is 0 Å². The van der Waals surface area contributed by atoms with E-state index in [0.717, 1.165) is 0 Å². The van der Waals surface area contributed by atoms with E-state index in [-0.39, 0.29) is 17.6 Å². The van der Waals surface area contributed by atoms with Gasteiger partial charge in [0.1, 0.15) is 5.82 Å². The largest absolute Gasteiger partial charge is 0.369 e. The molecule has 2 amide bonds. The lowest BCUT2D eigenvalue weighted by Gasteiger charge is -2.33. The number of anilines is 2. The van der Waals surface area contributed by atoms with Crippen LogP contribution in [-0.2, 0) is 4.79 Å². The Morgan fingerprint density at radius 2 is 1.68 bits per heavy atom. The zero-order valence-corrected chi connectivity index (χ0v) is 13.7. The maximum absolute atomic E-state index is 13.9. The van der Waals surface area contributed by atoms with Crippen molar-refractivity contribution in [1.29, 1.82) is 0 Å². The number of nitrogens with two attached hydrogens (primary N) is 1. The molecule has 1 saturated heterocycles. The summed E-state index contributed by atoms with van der Waals surface area (Å²) in [7, 11) is 0. The molecule has 3 N–H and O–H groups in total. The fraction of sp³-hybridized carbons (Fsp3) is 0.263. The molecular formula is C19H20FN3O2. The van der Waals surface area contributed by atoms with Crippen LogP contribution in [0.5, 0.6) is 0 Å². The number of hydrogen-bond acceptors (Lipinski definition) is 3. The van der Waals surface area contributed by atoms with E-state index in [1.165, 1.54) is 6.07 Å². The van der Waals surface area contributed by atoms with Gasteiger partial charge in [0.25, 0.3) is 0 Å². The molecule has 0 unspecified atom stereocenters. The first kappa shape index (κ1) is 17.0. The van der Waals surface area contributed by atoms with Crippen molar-refractivity contribution in [3.63, 3.8) is 0 Å². The van der Waals surface area contributed by atoms with Crippen LogP contribution in [0.15, 0.2) is 48.5 Å². The summed E-state index contributed by atoms with van der Waals surface area (Å²) in [4.78, 5) is 25.4. The second-order valence-corrected chi connectivity index (χ2v) is 6.14. The minimum Gasteiger partial charge on any atom is -0.369 e. The Morgan fingerprint density at radius 1 is 1.04 bits per heavy atom. The number of para-hydroxylation sites is 1. The van der Waals surface area contributed by atoms with Gasteiger partial charge in [0.05, 0.1) is 5.69 Å². The van der Waals surface area contributed by atoms with E-state index in [9.17, 15) is 14.0 Å². The van der Waals surface area contributed by atoms with E-state index in [2.05, 4.69) is 5.32 Å². The Morgan fingerprint density at radius 3 is 2.28 bits per heavy atom. The van der Waals surface area contributed by atoms with Crippen LogP contribution in [0.3, 0.4) is 0 Å². The molecule has 2 aromatic rings. The molecule has 6 heteroatoms. The SMILES string of the molecule is NC(=O)c1ccc(NC(=O)C2CCN(c3ccccc3F)CC2)cc1. The molecule has 2 aromatic carbocycles. The van der Waals surface area contributed by atoms with Gasteiger partial charge in [-0.15, -0.1) is 0 Å². The molecule has 1 fully saturated rings. The summed E-state index contributed by atoms with van der Waals surface area (Å²) in [6, 6.07) is 13.2. The van der Waals surface area contributed by atoms with Crippen LogP contribution in [-0.4, -0.2) is 24.9 Å². The normalized spacial score (nSPS) is 15.0. The highest BCUT2D eigenvalue weighted by molar-refractivity contribution is 5.95. The average molecular weight is 341 g/mol. The number of nitrogens with zero attached hydrogens (tertiary/aromatic N) is 1. The van der Waals surface area contributed by atoms with E-state index in [0.29, 0.717) is 42.9 Å². The first-order valence-electron chi connectivity index (χ1n) is 8.25. The summed E-state index contributed by atoms with van der Waals surface area (Å²) >= 11 is 0. The van der Waals surface area contributed by atoms with Crippen LogP contribution >= 0.6 is 0 Å².